The van der Waals surface area contributed by atoms with E-state index in [-0.39, 0.29) is 0 Å². The van der Waals surface area contributed by atoms with Gasteiger partial charge in [-0.15, -0.1) is 0 Å². The van der Waals surface area contributed by atoms with Gasteiger partial charge in [0, 0.05) is 58.4 Å². The summed E-state index contributed by atoms with van der Waals surface area (Å²) in [5.74, 6) is 0.409. The van der Waals surface area contributed by atoms with E-state index in [1.165, 1.54) is 5.56 Å². The molecule has 1 fully saturated rings. The van der Waals surface area contributed by atoms with Crippen molar-refractivity contribution in [1.29, 1.82) is 0 Å². The summed E-state index contributed by atoms with van der Waals surface area (Å²) in [6.45, 7) is 6.35. The van der Waals surface area contributed by atoms with Gasteiger partial charge in [0.25, 0.3) is 0 Å². The molecule has 2 rings (SSSR count). The van der Waals surface area contributed by atoms with Gasteiger partial charge in [-0.25, -0.2) is 0 Å². The van der Waals surface area contributed by atoms with Gasteiger partial charge < -0.3 is 15.5 Å². The van der Waals surface area contributed by atoms with E-state index >= 15 is 0 Å². The minimum absolute atomic E-state index is 0.409. The molecule has 0 bridgehead atoms. The van der Waals surface area contributed by atoms with Crippen LogP contribution in [0.25, 0.3) is 0 Å². The zero-order valence-electron chi connectivity index (χ0n) is 10.8. The molecule has 2 N–H and O–H groups in total. The van der Waals surface area contributed by atoms with Crippen molar-refractivity contribution in [3.8, 4) is 0 Å². The van der Waals surface area contributed by atoms with Crippen LogP contribution in [0.15, 0.2) is 12.4 Å². The summed E-state index contributed by atoms with van der Waals surface area (Å²) in [4.78, 5) is 4.88. The minimum atomic E-state index is 0.409. The molecule has 1 saturated heterocycles. The second-order valence-corrected chi connectivity index (χ2v) is 4.98. The van der Waals surface area contributed by atoms with Crippen molar-refractivity contribution in [2.75, 3.05) is 46.3 Å². The van der Waals surface area contributed by atoms with Crippen LogP contribution in [0, 0.1) is 0 Å². The summed E-state index contributed by atoms with van der Waals surface area (Å²) >= 11 is 0. The fraction of sp³-hybridized carbons (Fsp3) is 0.750. The summed E-state index contributed by atoms with van der Waals surface area (Å²) in [7, 11) is 4.13. The SMILES string of the molecule is CN1CCN(CC(CN)c2cnn(C)c2)CC1. The van der Waals surface area contributed by atoms with Gasteiger partial charge >= 0.3 is 0 Å². The van der Waals surface area contributed by atoms with Crippen LogP contribution in [-0.4, -0.2) is 65.9 Å². The maximum absolute atomic E-state index is 5.88. The van der Waals surface area contributed by atoms with Crippen LogP contribution in [0.1, 0.15) is 11.5 Å². The van der Waals surface area contributed by atoms with Crippen molar-refractivity contribution < 1.29 is 0 Å². The molecule has 0 amide bonds. The van der Waals surface area contributed by atoms with Gasteiger partial charge in [-0.1, -0.05) is 0 Å². The Bertz CT molecular complexity index is 340. The number of likely N-dealkylation sites (N-methyl/N-ethyl adjacent to an activating group) is 1. The van der Waals surface area contributed by atoms with Gasteiger partial charge in [-0.05, 0) is 12.6 Å². The van der Waals surface area contributed by atoms with Gasteiger partial charge in [0.1, 0.15) is 0 Å². The molecule has 1 aliphatic rings. The Morgan fingerprint density at radius 2 is 2.00 bits per heavy atom. The predicted molar refractivity (Wildman–Crippen MR) is 68.9 cm³/mol. The lowest BCUT2D eigenvalue weighted by molar-refractivity contribution is 0.147. The molecule has 0 aliphatic carbocycles. The first kappa shape index (κ1) is 12.5. The largest absolute Gasteiger partial charge is 0.330 e. The maximum Gasteiger partial charge on any atom is 0.0525 e. The van der Waals surface area contributed by atoms with E-state index in [9.17, 15) is 0 Å². The van der Waals surface area contributed by atoms with Crippen molar-refractivity contribution in [3.63, 3.8) is 0 Å². The van der Waals surface area contributed by atoms with Crippen LogP contribution in [0.4, 0.5) is 0 Å². The number of aromatic nitrogens is 2. The van der Waals surface area contributed by atoms with Gasteiger partial charge in [0.2, 0.25) is 0 Å². The topological polar surface area (TPSA) is 50.3 Å². The lowest BCUT2D eigenvalue weighted by Gasteiger charge is -2.34. The average molecular weight is 237 g/mol. The normalized spacial score (nSPS) is 20.6. The highest BCUT2D eigenvalue weighted by atomic mass is 15.3. The second kappa shape index (κ2) is 5.62. The maximum atomic E-state index is 5.88. The molecule has 1 aromatic rings. The fourth-order valence-corrected chi connectivity index (χ4v) is 2.31. The highest BCUT2D eigenvalue weighted by molar-refractivity contribution is 5.12. The molecule has 0 saturated carbocycles. The number of rotatable bonds is 4. The van der Waals surface area contributed by atoms with E-state index < -0.39 is 0 Å². The summed E-state index contributed by atoms with van der Waals surface area (Å²) in [6.07, 6.45) is 4.02. The van der Waals surface area contributed by atoms with E-state index in [4.69, 9.17) is 5.73 Å². The first-order chi connectivity index (χ1) is 8.19. The Morgan fingerprint density at radius 1 is 1.29 bits per heavy atom. The van der Waals surface area contributed by atoms with Gasteiger partial charge in [-0.2, -0.15) is 5.10 Å². The number of piperazine rings is 1. The van der Waals surface area contributed by atoms with Crippen molar-refractivity contribution in [2.45, 2.75) is 5.92 Å². The molecule has 96 valence electrons. The molecule has 0 spiro atoms. The predicted octanol–water partition coefficient (Wildman–Crippen LogP) is -0.290. The lowest BCUT2D eigenvalue weighted by Crippen LogP contribution is -2.46. The number of aryl methyl sites for hydroxylation is 1. The quantitative estimate of drug-likeness (QED) is 0.782. The van der Waals surface area contributed by atoms with Crippen LogP contribution in [0.2, 0.25) is 0 Å². The van der Waals surface area contributed by atoms with Crippen molar-refractivity contribution in [1.82, 2.24) is 19.6 Å². The molecule has 1 unspecified atom stereocenters. The molecule has 0 radical (unpaired) electrons. The van der Waals surface area contributed by atoms with Gasteiger partial charge in [0.05, 0.1) is 6.20 Å². The third kappa shape index (κ3) is 3.28. The number of hydrogen-bond donors (Lipinski definition) is 1. The van der Waals surface area contributed by atoms with Crippen molar-refractivity contribution in [3.05, 3.63) is 18.0 Å². The fourth-order valence-electron chi connectivity index (χ4n) is 2.31. The van der Waals surface area contributed by atoms with Crippen LogP contribution in [-0.2, 0) is 7.05 Å². The Labute approximate surface area is 103 Å². The molecule has 0 aromatic carbocycles. The van der Waals surface area contributed by atoms with Crippen molar-refractivity contribution in [2.24, 2.45) is 12.8 Å². The molecule has 17 heavy (non-hydrogen) atoms. The summed E-state index contributed by atoms with van der Waals surface area (Å²) in [6, 6.07) is 0. The molecule has 2 heterocycles. The van der Waals surface area contributed by atoms with E-state index in [2.05, 4.69) is 28.1 Å². The Kier molecular flexibility index (Phi) is 4.15. The highest BCUT2D eigenvalue weighted by Crippen LogP contribution is 2.16. The Balaban J connectivity index is 1.91. The van der Waals surface area contributed by atoms with E-state index in [1.54, 1.807) is 0 Å². The molecule has 1 atom stereocenters. The van der Waals surface area contributed by atoms with E-state index in [0.717, 1.165) is 32.7 Å². The average Bonchev–Trinajstić information content (AvgIpc) is 2.75. The molecule has 5 heteroatoms. The van der Waals surface area contributed by atoms with E-state index in [0.29, 0.717) is 12.5 Å². The van der Waals surface area contributed by atoms with E-state index in [1.807, 2.05) is 17.9 Å². The number of nitrogens with two attached hydrogens (primary N) is 1. The van der Waals surface area contributed by atoms with Crippen LogP contribution >= 0.6 is 0 Å². The third-order valence-corrected chi connectivity index (χ3v) is 3.56. The zero-order chi connectivity index (χ0) is 12.3. The van der Waals surface area contributed by atoms with Gasteiger partial charge in [0.15, 0.2) is 0 Å². The Morgan fingerprint density at radius 3 is 2.53 bits per heavy atom. The standard InChI is InChI=1S/C12H23N5/c1-15-3-5-17(6-4-15)10-11(7-13)12-8-14-16(2)9-12/h8-9,11H,3-7,10,13H2,1-2H3. The summed E-state index contributed by atoms with van der Waals surface area (Å²) in [5, 5.41) is 4.22. The number of nitrogens with zero attached hydrogens (tertiary/aromatic N) is 4. The zero-order valence-corrected chi connectivity index (χ0v) is 10.8. The molecular formula is C12H23N5. The first-order valence-electron chi connectivity index (χ1n) is 6.28. The van der Waals surface area contributed by atoms with Crippen LogP contribution in [0.5, 0.6) is 0 Å². The molecule has 1 aromatic heterocycles. The second-order valence-electron chi connectivity index (χ2n) is 4.98. The van der Waals surface area contributed by atoms with Crippen LogP contribution < -0.4 is 5.73 Å². The summed E-state index contributed by atoms with van der Waals surface area (Å²) < 4.78 is 1.85. The number of hydrogen-bond acceptors (Lipinski definition) is 4. The third-order valence-electron chi connectivity index (χ3n) is 3.56. The minimum Gasteiger partial charge on any atom is -0.330 e. The van der Waals surface area contributed by atoms with Crippen LogP contribution in [0.3, 0.4) is 0 Å². The molecule has 1 aliphatic heterocycles. The highest BCUT2D eigenvalue weighted by Gasteiger charge is 2.19. The first-order valence-corrected chi connectivity index (χ1v) is 6.28. The molecular weight excluding hydrogens is 214 g/mol. The van der Waals surface area contributed by atoms with Crippen molar-refractivity contribution >= 4 is 0 Å². The lowest BCUT2D eigenvalue weighted by atomic mass is 10.0. The molecule has 5 nitrogen and oxygen atoms in total. The summed E-state index contributed by atoms with van der Waals surface area (Å²) in [5.41, 5.74) is 7.14. The monoisotopic (exact) mass is 237 g/mol. The smallest absolute Gasteiger partial charge is 0.0525 e. The van der Waals surface area contributed by atoms with Gasteiger partial charge in [-0.3, -0.25) is 4.68 Å². The Hall–Kier alpha value is -0.910.